The van der Waals surface area contributed by atoms with Gasteiger partial charge in [0.1, 0.15) is 23.7 Å². The van der Waals surface area contributed by atoms with Gasteiger partial charge in [0.15, 0.2) is 0 Å². The fourth-order valence-electron chi connectivity index (χ4n) is 4.56. The summed E-state index contributed by atoms with van der Waals surface area (Å²) in [5, 5.41) is 6.66. The highest BCUT2D eigenvalue weighted by molar-refractivity contribution is 6.31. The minimum absolute atomic E-state index is 0.000524. The van der Waals surface area contributed by atoms with Crippen molar-refractivity contribution >= 4 is 45.6 Å². The molecule has 1 aromatic heterocycles. The van der Waals surface area contributed by atoms with E-state index in [1.807, 2.05) is 6.08 Å². The summed E-state index contributed by atoms with van der Waals surface area (Å²) in [7, 11) is 1.53. The van der Waals surface area contributed by atoms with Gasteiger partial charge >= 0.3 is 0 Å². The number of hydrogen-bond acceptors (Lipinski definition) is 7. The Balaban J connectivity index is 1.31. The molecular weight excluding hydrogens is 473 g/mol. The first kappa shape index (κ1) is 23.5. The van der Waals surface area contributed by atoms with Crippen LogP contribution in [-0.2, 0) is 9.53 Å². The number of anilines is 3. The van der Waals surface area contributed by atoms with Crippen molar-refractivity contribution in [2.24, 2.45) is 5.92 Å². The van der Waals surface area contributed by atoms with E-state index in [9.17, 15) is 9.18 Å². The first-order chi connectivity index (χ1) is 17.0. The van der Waals surface area contributed by atoms with E-state index in [-0.39, 0.29) is 10.9 Å². The molecule has 3 heterocycles. The Morgan fingerprint density at radius 3 is 3.00 bits per heavy atom. The molecule has 1 amide bonds. The molecule has 0 spiro atoms. The zero-order valence-corrected chi connectivity index (χ0v) is 19.9. The first-order valence-electron chi connectivity index (χ1n) is 11.4. The summed E-state index contributed by atoms with van der Waals surface area (Å²) in [6, 6.07) is 7.78. The number of hydrogen-bond donors (Lipinski definition) is 2. The summed E-state index contributed by atoms with van der Waals surface area (Å²) in [6.07, 6.45) is 6.24. The van der Waals surface area contributed by atoms with Gasteiger partial charge < -0.3 is 20.1 Å². The number of ether oxygens (including phenoxy) is 2. The molecule has 35 heavy (non-hydrogen) atoms. The summed E-state index contributed by atoms with van der Waals surface area (Å²) in [5.74, 6) is 0.782. The minimum atomic E-state index is -0.506. The van der Waals surface area contributed by atoms with Crippen LogP contribution in [0.4, 0.5) is 21.6 Å². The lowest BCUT2D eigenvalue weighted by atomic mass is 10.1. The second-order valence-electron chi connectivity index (χ2n) is 8.61. The lowest BCUT2D eigenvalue weighted by molar-refractivity contribution is -0.111. The fraction of sp³-hybridized carbons (Fsp3) is 0.320. The predicted octanol–water partition coefficient (Wildman–Crippen LogP) is 4.39. The molecule has 3 aromatic rings. The van der Waals surface area contributed by atoms with Gasteiger partial charge in [-0.3, -0.25) is 9.69 Å². The Hall–Kier alpha value is -3.27. The molecule has 2 unspecified atom stereocenters. The summed E-state index contributed by atoms with van der Waals surface area (Å²) in [6.45, 7) is 3.46. The number of nitrogens with one attached hydrogen (secondary N) is 2. The SMILES string of the molecule is COc1cc2ncnc(Nc3ccc(F)c(Cl)c3)c2cc1NC(=O)/C=C/CN1CC2CCOC2C1. The molecule has 2 aliphatic rings. The molecule has 0 saturated carbocycles. The van der Waals surface area contributed by atoms with E-state index < -0.39 is 5.82 Å². The van der Waals surface area contributed by atoms with Crippen molar-refractivity contribution in [1.82, 2.24) is 14.9 Å². The number of fused-ring (bicyclic) bond motifs is 2. The molecule has 0 bridgehead atoms. The van der Waals surface area contributed by atoms with Crippen LogP contribution in [0.1, 0.15) is 6.42 Å². The van der Waals surface area contributed by atoms with E-state index >= 15 is 0 Å². The van der Waals surface area contributed by atoms with Crippen molar-refractivity contribution in [1.29, 1.82) is 0 Å². The maximum absolute atomic E-state index is 13.5. The van der Waals surface area contributed by atoms with Crippen molar-refractivity contribution in [3.05, 3.63) is 59.7 Å². The van der Waals surface area contributed by atoms with Crippen molar-refractivity contribution in [3.8, 4) is 5.75 Å². The van der Waals surface area contributed by atoms with Crippen LogP contribution in [0.15, 0.2) is 48.8 Å². The van der Waals surface area contributed by atoms with Crippen LogP contribution in [0.3, 0.4) is 0 Å². The second-order valence-corrected chi connectivity index (χ2v) is 9.02. The molecule has 10 heteroatoms. The maximum atomic E-state index is 13.5. The number of methoxy groups -OCH3 is 1. The minimum Gasteiger partial charge on any atom is -0.494 e. The number of rotatable bonds is 7. The highest BCUT2D eigenvalue weighted by Crippen LogP contribution is 2.34. The number of carbonyl (C=O) groups is 1. The number of aromatic nitrogens is 2. The quantitative estimate of drug-likeness (QED) is 0.468. The van der Waals surface area contributed by atoms with Gasteiger partial charge in [-0.2, -0.15) is 0 Å². The second kappa shape index (κ2) is 10.2. The van der Waals surface area contributed by atoms with Gasteiger partial charge in [-0.15, -0.1) is 0 Å². The lowest BCUT2D eigenvalue weighted by Gasteiger charge is -2.14. The Morgan fingerprint density at radius 1 is 1.31 bits per heavy atom. The molecule has 2 aromatic carbocycles. The molecule has 2 N–H and O–H groups in total. The summed E-state index contributed by atoms with van der Waals surface area (Å²) in [4.78, 5) is 23.5. The van der Waals surface area contributed by atoms with E-state index in [2.05, 4.69) is 25.5 Å². The van der Waals surface area contributed by atoms with E-state index in [1.165, 1.54) is 31.6 Å². The normalized spacial score (nSPS) is 19.9. The molecule has 2 fully saturated rings. The molecule has 182 valence electrons. The van der Waals surface area contributed by atoms with Gasteiger partial charge in [-0.25, -0.2) is 14.4 Å². The van der Waals surface area contributed by atoms with Crippen molar-refractivity contribution in [2.75, 3.05) is 44.0 Å². The molecule has 8 nitrogen and oxygen atoms in total. The summed E-state index contributed by atoms with van der Waals surface area (Å²) in [5.41, 5.74) is 1.66. The molecular formula is C25H25ClFN5O3. The van der Waals surface area contributed by atoms with Crippen LogP contribution in [0, 0.1) is 11.7 Å². The number of nitrogens with zero attached hydrogens (tertiary/aromatic N) is 3. The van der Waals surface area contributed by atoms with Crippen LogP contribution in [0.2, 0.25) is 5.02 Å². The van der Waals surface area contributed by atoms with E-state index in [0.29, 0.717) is 52.4 Å². The first-order valence-corrected chi connectivity index (χ1v) is 11.7. The van der Waals surface area contributed by atoms with Gasteiger partial charge in [-0.1, -0.05) is 17.7 Å². The van der Waals surface area contributed by atoms with Gasteiger partial charge in [-0.05, 0) is 30.7 Å². The molecule has 2 atom stereocenters. The van der Waals surface area contributed by atoms with Gasteiger partial charge in [0.25, 0.3) is 0 Å². The molecule has 2 saturated heterocycles. The molecule has 0 aliphatic carbocycles. The van der Waals surface area contributed by atoms with Crippen LogP contribution >= 0.6 is 11.6 Å². The zero-order chi connectivity index (χ0) is 24.4. The molecule has 2 aliphatic heterocycles. The Bertz CT molecular complexity index is 1280. The zero-order valence-electron chi connectivity index (χ0n) is 19.1. The fourth-order valence-corrected chi connectivity index (χ4v) is 4.74. The van der Waals surface area contributed by atoms with Crippen molar-refractivity contribution < 1.29 is 18.7 Å². The Kier molecular flexibility index (Phi) is 6.81. The maximum Gasteiger partial charge on any atom is 0.248 e. The summed E-state index contributed by atoms with van der Waals surface area (Å²) >= 11 is 5.90. The number of amides is 1. The standard InChI is InChI=1S/C25H25ClFN5O3/c1-34-22-11-20-17(25(29-14-28-20)30-16-4-5-19(27)18(26)9-16)10-21(22)31-24(33)3-2-7-32-12-15-6-8-35-23(15)13-32/h2-5,9-11,14-15,23H,6-8,12-13H2,1H3,(H,31,33)(H,28,29,30)/b3-2+. The van der Waals surface area contributed by atoms with E-state index in [0.717, 1.165) is 26.1 Å². The van der Waals surface area contributed by atoms with Crippen molar-refractivity contribution in [2.45, 2.75) is 12.5 Å². The van der Waals surface area contributed by atoms with E-state index in [1.54, 1.807) is 18.2 Å². The van der Waals surface area contributed by atoms with Gasteiger partial charge in [0, 0.05) is 55.4 Å². The predicted molar refractivity (Wildman–Crippen MR) is 133 cm³/mol. The van der Waals surface area contributed by atoms with Crippen LogP contribution < -0.4 is 15.4 Å². The number of halogens is 2. The summed E-state index contributed by atoms with van der Waals surface area (Å²) < 4.78 is 24.7. The van der Waals surface area contributed by atoms with Crippen molar-refractivity contribution in [3.63, 3.8) is 0 Å². The lowest BCUT2D eigenvalue weighted by Crippen LogP contribution is -2.23. The van der Waals surface area contributed by atoms with Gasteiger partial charge in [0.05, 0.1) is 29.4 Å². The number of likely N-dealkylation sites (tertiary alicyclic amines) is 1. The third-order valence-electron chi connectivity index (χ3n) is 6.31. The van der Waals surface area contributed by atoms with Crippen LogP contribution in [0.25, 0.3) is 10.9 Å². The molecule has 0 radical (unpaired) electrons. The average Bonchev–Trinajstić information content (AvgIpc) is 3.43. The Morgan fingerprint density at radius 2 is 2.20 bits per heavy atom. The monoisotopic (exact) mass is 497 g/mol. The average molecular weight is 498 g/mol. The number of benzene rings is 2. The third kappa shape index (κ3) is 5.22. The Labute approximate surface area is 207 Å². The highest BCUT2D eigenvalue weighted by Gasteiger charge is 2.36. The largest absolute Gasteiger partial charge is 0.494 e. The van der Waals surface area contributed by atoms with Crippen LogP contribution in [-0.4, -0.2) is 60.2 Å². The number of carbonyl (C=O) groups excluding carboxylic acids is 1. The third-order valence-corrected chi connectivity index (χ3v) is 6.60. The van der Waals surface area contributed by atoms with E-state index in [4.69, 9.17) is 21.1 Å². The highest BCUT2D eigenvalue weighted by atomic mass is 35.5. The van der Waals surface area contributed by atoms with Crippen LogP contribution in [0.5, 0.6) is 5.75 Å². The van der Waals surface area contributed by atoms with Gasteiger partial charge in [0.2, 0.25) is 5.91 Å². The topological polar surface area (TPSA) is 88.6 Å². The molecule has 5 rings (SSSR count). The smallest absolute Gasteiger partial charge is 0.248 e.